The summed E-state index contributed by atoms with van der Waals surface area (Å²) in [5, 5.41) is 7.12. The Bertz CT molecular complexity index is 969. The topological polar surface area (TPSA) is 80.3 Å². The fraction of sp³-hybridized carbons (Fsp3) is 0.250. The van der Waals surface area contributed by atoms with E-state index in [1.807, 2.05) is 29.2 Å². The number of benzene rings is 1. The zero-order valence-electron chi connectivity index (χ0n) is 15.2. The number of pyridine rings is 1. The number of amides is 1. The molecule has 7 nitrogen and oxygen atoms in total. The number of hydrogen-bond donors (Lipinski definition) is 1. The average Bonchev–Trinajstić information content (AvgIpc) is 3.22. The number of fused-ring (bicyclic) bond motifs is 1. The molecule has 1 aliphatic rings. The van der Waals surface area contributed by atoms with E-state index in [-0.39, 0.29) is 5.91 Å². The van der Waals surface area contributed by atoms with Crippen LogP contribution in [0.2, 0.25) is 0 Å². The molecule has 138 valence electrons. The van der Waals surface area contributed by atoms with Gasteiger partial charge in [-0.15, -0.1) is 0 Å². The molecular formula is C20H20N4O3. The van der Waals surface area contributed by atoms with Gasteiger partial charge in [0.2, 0.25) is 0 Å². The molecule has 0 fully saturated rings. The normalized spacial score (nSPS) is 13.2. The molecule has 0 unspecified atom stereocenters. The Balaban J connectivity index is 1.55. The number of aromatic nitrogens is 3. The molecule has 1 aliphatic heterocycles. The Kier molecular flexibility index (Phi) is 4.50. The van der Waals surface area contributed by atoms with Crippen LogP contribution in [0.1, 0.15) is 21.6 Å². The summed E-state index contributed by atoms with van der Waals surface area (Å²) in [6.07, 6.45) is 4.18. The zero-order chi connectivity index (χ0) is 18.8. The van der Waals surface area contributed by atoms with E-state index in [2.05, 4.69) is 15.2 Å². The highest BCUT2D eigenvalue weighted by molar-refractivity contribution is 5.93. The van der Waals surface area contributed by atoms with Crippen LogP contribution in [-0.4, -0.2) is 46.8 Å². The molecule has 3 aromatic rings. The molecular weight excluding hydrogens is 344 g/mol. The summed E-state index contributed by atoms with van der Waals surface area (Å²) in [5.74, 6) is 1.32. The van der Waals surface area contributed by atoms with Crippen LogP contribution in [0.15, 0.2) is 42.7 Å². The molecule has 0 saturated carbocycles. The molecule has 1 aromatic carbocycles. The van der Waals surface area contributed by atoms with Gasteiger partial charge in [-0.3, -0.25) is 14.9 Å². The van der Waals surface area contributed by atoms with Gasteiger partial charge in [0.15, 0.2) is 11.5 Å². The lowest BCUT2D eigenvalue weighted by atomic mass is 9.98. The smallest absolute Gasteiger partial charge is 0.272 e. The standard InChI is InChI=1S/C20H20N4O3/c1-26-18-9-14-5-8-24(12-15(14)10-19(18)27-2)20(25)17-11-16(22-23-17)13-3-6-21-7-4-13/h3-4,6-7,9-11H,5,8,12H2,1-2H3,(H,22,23). The van der Waals surface area contributed by atoms with Crippen LogP contribution in [0.25, 0.3) is 11.3 Å². The highest BCUT2D eigenvalue weighted by Crippen LogP contribution is 2.33. The third kappa shape index (κ3) is 3.23. The number of carbonyl (C=O) groups is 1. The first-order valence-corrected chi connectivity index (χ1v) is 8.68. The van der Waals surface area contributed by atoms with Crippen LogP contribution in [0.5, 0.6) is 11.5 Å². The molecule has 0 radical (unpaired) electrons. The monoisotopic (exact) mass is 364 g/mol. The maximum absolute atomic E-state index is 12.9. The molecule has 3 heterocycles. The van der Waals surface area contributed by atoms with Crippen molar-refractivity contribution in [3.63, 3.8) is 0 Å². The van der Waals surface area contributed by atoms with Crippen molar-refractivity contribution in [3.05, 3.63) is 59.5 Å². The second-order valence-electron chi connectivity index (χ2n) is 6.36. The van der Waals surface area contributed by atoms with Gasteiger partial charge in [0.25, 0.3) is 5.91 Å². The Morgan fingerprint density at radius 1 is 1.07 bits per heavy atom. The van der Waals surface area contributed by atoms with Crippen LogP contribution < -0.4 is 9.47 Å². The van der Waals surface area contributed by atoms with E-state index in [1.165, 1.54) is 5.56 Å². The summed E-state index contributed by atoms with van der Waals surface area (Å²) in [6, 6.07) is 9.45. The molecule has 0 spiro atoms. The lowest BCUT2D eigenvalue weighted by Gasteiger charge is -2.29. The number of nitrogens with zero attached hydrogens (tertiary/aromatic N) is 3. The maximum atomic E-state index is 12.9. The van der Waals surface area contributed by atoms with E-state index in [1.54, 1.807) is 32.7 Å². The van der Waals surface area contributed by atoms with E-state index in [0.717, 1.165) is 23.2 Å². The lowest BCUT2D eigenvalue weighted by Crippen LogP contribution is -2.36. The molecule has 0 saturated heterocycles. The van der Waals surface area contributed by atoms with Gasteiger partial charge in [0, 0.05) is 31.0 Å². The molecule has 0 aliphatic carbocycles. The number of nitrogens with one attached hydrogen (secondary N) is 1. The maximum Gasteiger partial charge on any atom is 0.272 e. The minimum Gasteiger partial charge on any atom is -0.493 e. The lowest BCUT2D eigenvalue weighted by molar-refractivity contribution is 0.0728. The first-order chi connectivity index (χ1) is 13.2. The van der Waals surface area contributed by atoms with Crippen molar-refractivity contribution in [2.24, 2.45) is 0 Å². The van der Waals surface area contributed by atoms with E-state index in [9.17, 15) is 4.79 Å². The Labute approximate surface area is 156 Å². The summed E-state index contributed by atoms with van der Waals surface area (Å²) >= 11 is 0. The summed E-state index contributed by atoms with van der Waals surface area (Å²) in [6.45, 7) is 1.17. The van der Waals surface area contributed by atoms with Gasteiger partial charge in [0.05, 0.1) is 19.9 Å². The molecule has 27 heavy (non-hydrogen) atoms. The minimum absolute atomic E-state index is 0.0664. The molecule has 4 rings (SSSR count). The van der Waals surface area contributed by atoms with Crippen molar-refractivity contribution in [2.45, 2.75) is 13.0 Å². The summed E-state index contributed by atoms with van der Waals surface area (Å²) in [4.78, 5) is 18.7. The highest BCUT2D eigenvalue weighted by Gasteiger charge is 2.25. The average molecular weight is 364 g/mol. The number of ether oxygens (including phenoxy) is 2. The van der Waals surface area contributed by atoms with E-state index in [4.69, 9.17) is 9.47 Å². The molecule has 1 N–H and O–H groups in total. The van der Waals surface area contributed by atoms with Crippen LogP contribution in [0.4, 0.5) is 0 Å². The van der Waals surface area contributed by atoms with Gasteiger partial charge in [-0.2, -0.15) is 5.10 Å². The number of rotatable bonds is 4. The largest absolute Gasteiger partial charge is 0.493 e. The predicted octanol–water partition coefficient (Wildman–Crippen LogP) is 2.69. The molecule has 2 aromatic heterocycles. The molecule has 1 amide bonds. The number of aromatic amines is 1. The second-order valence-corrected chi connectivity index (χ2v) is 6.36. The molecule has 7 heteroatoms. The zero-order valence-corrected chi connectivity index (χ0v) is 15.2. The summed E-state index contributed by atoms with van der Waals surface area (Å²) in [7, 11) is 3.24. The van der Waals surface area contributed by atoms with Crippen molar-refractivity contribution < 1.29 is 14.3 Å². The van der Waals surface area contributed by atoms with Crippen molar-refractivity contribution in [1.29, 1.82) is 0 Å². The van der Waals surface area contributed by atoms with Gasteiger partial charge in [0.1, 0.15) is 5.69 Å². The Morgan fingerprint density at radius 2 is 1.78 bits per heavy atom. The number of hydrogen-bond acceptors (Lipinski definition) is 5. The van der Waals surface area contributed by atoms with Crippen LogP contribution >= 0.6 is 0 Å². The van der Waals surface area contributed by atoms with Crippen LogP contribution in [-0.2, 0) is 13.0 Å². The number of methoxy groups -OCH3 is 2. The van der Waals surface area contributed by atoms with Crippen LogP contribution in [0, 0.1) is 0 Å². The van der Waals surface area contributed by atoms with Crippen LogP contribution in [0.3, 0.4) is 0 Å². The van der Waals surface area contributed by atoms with Crippen molar-refractivity contribution in [2.75, 3.05) is 20.8 Å². The highest BCUT2D eigenvalue weighted by atomic mass is 16.5. The van der Waals surface area contributed by atoms with E-state index in [0.29, 0.717) is 30.3 Å². The molecule has 0 atom stereocenters. The number of H-pyrrole nitrogens is 1. The molecule has 0 bridgehead atoms. The quantitative estimate of drug-likeness (QED) is 0.770. The SMILES string of the molecule is COc1cc2c(cc1OC)CN(C(=O)c1cc(-c3ccncc3)n[nH]1)CC2. The predicted molar refractivity (Wildman–Crippen MR) is 99.8 cm³/mol. The Hall–Kier alpha value is -3.35. The van der Waals surface area contributed by atoms with Gasteiger partial charge >= 0.3 is 0 Å². The van der Waals surface area contributed by atoms with E-state index < -0.39 is 0 Å². The van der Waals surface area contributed by atoms with Gasteiger partial charge < -0.3 is 14.4 Å². The van der Waals surface area contributed by atoms with Gasteiger partial charge in [-0.25, -0.2) is 0 Å². The summed E-state index contributed by atoms with van der Waals surface area (Å²) < 4.78 is 10.8. The minimum atomic E-state index is -0.0664. The van der Waals surface area contributed by atoms with Gasteiger partial charge in [-0.1, -0.05) is 0 Å². The fourth-order valence-electron chi connectivity index (χ4n) is 3.33. The first-order valence-electron chi connectivity index (χ1n) is 8.68. The van der Waals surface area contributed by atoms with Gasteiger partial charge in [-0.05, 0) is 47.9 Å². The fourth-order valence-corrected chi connectivity index (χ4v) is 3.33. The third-order valence-corrected chi connectivity index (χ3v) is 4.79. The van der Waals surface area contributed by atoms with E-state index >= 15 is 0 Å². The first kappa shape index (κ1) is 17.1. The third-order valence-electron chi connectivity index (χ3n) is 4.79. The number of carbonyl (C=O) groups excluding carboxylic acids is 1. The second kappa shape index (κ2) is 7.11. The Morgan fingerprint density at radius 3 is 2.48 bits per heavy atom. The summed E-state index contributed by atoms with van der Waals surface area (Å²) in [5.41, 5.74) is 4.37. The van der Waals surface area contributed by atoms with Crippen molar-refractivity contribution in [1.82, 2.24) is 20.1 Å². The van der Waals surface area contributed by atoms with Crippen molar-refractivity contribution >= 4 is 5.91 Å². The van der Waals surface area contributed by atoms with Crippen molar-refractivity contribution in [3.8, 4) is 22.8 Å².